The van der Waals surface area contributed by atoms with Crippen molar-refractivity contribution in [3.8, 4) is 11.3 Å². The van der Waals surface area contributed by atoms with Gasteiger partial charge in [0.15, 0.2) is 5.13 Å². The van der Waals surface area contributed by atoms with Gasteiger partial charge in [0.25, 0.3) is 5.91 Å². The van der Waals surface area contributed by atoms with Crippen molar-refractivity contribution >= 4 is 45.6 Å². The van der Waals surface area contributed by atoms with Crippen molar-refractivity contribution < 1.29 is 9.32 Å². The average molecular weight is 368 g/mol. The van der Waals surface area contributed by atoms with E-state index in [1.807, 2.05) is 12.3 Å². The second kappa shape index (κ2) is 6.31. The summed E-state index contributed by atoms with van der Waals surface area (Å²) >= 11 is 13.8. The van der Waals surface area contributed by atoms with E-state index in [4.69, 9.17) is 27.7 Å². The largest absolute Gasteiger partial charge is 0.360 e. The van der Waals surface area contributed by atoms with E-state index in [9.17, 15) is 4.79 Å². The summed E-state index contributed by atoms with van der Waals surface area (Å²) in [5.41, 5.74) is 1.89. The van der Waals surface area contributed by atoms with Gasteiger partial charge in [0.2, 0.25) is 0 Å². The van der Waals surface area contributed by atoms with Crippen molar-refractivity contribution in [3.05, 3.63) is 50.6 Å². The maximum atomic E-state index is 12.6. The highest BCUT2D eigenvalue weighted by Crippen LogP contribution is 2.37. The average Bonchev–Trinajstić information content (AvgIpc) is 3.05. The summed E-state index contributed by atoms with van der Waals surface area (Å²) in [6.45, 7) is 3.51. The monoisotopic (exact) mass is 367 g/mol. The van der Waals surface area contributed by atoms with Crippen molar-refractivity contribution in [3.63, 3.8) is 0 Å². The molecule has 2 heterocycles. The number of aromatic nitrogens is 2. The van der Waals surface area contributed by atoms with Gasteiger partial charge in [-0.3, -0.25) is 10.1 Å². The third-order valence-electron chi connectivity index (χ3n) is 3.13. The number of rotatable bonds is 3. The Morgan fingerprint density at radius 1 is 1.26 bits per heavy atom. The zero-order valence-corrected chi connectivity index (χ0v) is 14.5. The number of halogens is 2. The van der Waals surface area contributed by atoms with Crippen LogP contribution in [-0.4, -0.2) is 16.0 Å². The summed E-state index contributed by atoms with van der Waals surface area (Å²) in [6, 6.07) is 5.08. The Morgan fingerprint density at radius 3 is 2.57 bits per heavy atom. The molecule has 0 spiro atoms. The maximum Gasteiger partial charge on any atom is 0.263 e. The van der Waals surface area contributed by atoms with Crippen LogP contribution in [-0.2, 0) is 0 Å². The van der Waals surface area contributed by atoms with E-state index < -0.39 is 0 Å². The lowest BCUT2D eigenvalue weighted by Crippen LogP contribution is -2.13. The molecule has 0 aliphatic carbocycles. The zero-order valence-electron chi connectivity index (χ0n) is 12.2. The Labute approximate surface area is 146 Å². The summed E-state index contributed by atoms with van der Waals surface area (Å²) in [6.07, 6.45) is 0. The molecule has 3 aromatic rings. The van der Waals surface area contributed by atoms with Gasteiger partial charge in [0, 0.05) is 10.9 Å². The molecule has 0 bridgehead atoms. The fourth-order valence-electron chi connectivity index (χ4n) is 2.11. The van der Waals surface area contributed by atoms with Gasteiger partial charge in [-0.05, 0) is 26.0 Å². The number of hydrogen-bond donors (Lipinski definition) is 1. The van der Waals surface area contributed by atoms with E-state index in [0.29, 0.717) is 32.2 Å². The summed E-state index contributed by atoms with van der Waals surface area (Å²) in [7, 11) is 0. The first kappa shape index (κ1) is 16.0. The first-order valence-corrected chi connectivity index (χ1v) is 8.25. The van der Waals surface area contributed by atoms with Gasteiger partial charge in [-0.1, -0.05) is 34.4 Å². The van der Waals surface area contributed by atoms with E-state index in [-0.39, 0.29) is 11.5 Å². The third-order valence-corrected chi connectivity index (χ3v) is 4.63. The van der Waals surface area contributed by atoms with Crippen molar-refractivity contribution in [1.82, 2.24) is 10.1 Å². The predicted molar refractivity (Wildman–Crippen MR) is 91.5 cm³/mol. The van der Waals surface area contributed by atoms with Crippen LogP contribution in [0.1, 0.15) is 21.8 Å². The van der Waals surface area contributed by atoms with Gasteiger partial charge < -0.3 is 4.52 Å². The van der Waals surface area contributed by atoms with Gasteiger partial charge in [0.1, 0.15) is 17.0 Å². The molecule has 3 rings (SSSR count). The van der Waals surface area contributed by atoms with Crippen LogP contribution in [0.2, 0.25) is 10.0 Å². The minimum Gasteiger partial charge on any atom is -0.360 e. The molecule has 23 heavy (non-hydrogen) atoms. The van der Waals surface area contributed by atoms with Gasteiger partial charge in [-0.25, -0.2) is 4.98 Å². The zero-order chi connectivity index (χ0) is 16.6. The Balaban J connectivity index is 2.04. The first-order chi connectivity index (χ1) is 11.0. The predicted octanol–water partition coefficient (Wildman–Crippen LogP) is 4.97. The molecule has 0 unspecified atom stereocenters. The molecule has 0 atom stereocenters. The minimum absolute atomic E-state index is 0.285. The molecule has 1 aromatic carbocycles. The van der Waals surface area contributed by atoms with E-state index in [0.717, 1.165) is 5.69 Å². The lowest BCUT2D eigenvalue weighted by molar-refractivity contribution is 0.102. The molecular weight excluding hydrogens is 357 g/mol. The lowest BCUT2D eigenvalue weighted by atomic mass is 10.1. The standard InChI is InChI=1S/C15H11Cl2N3O2S/c1-7-6-23-15(18-7)19-14(21)11-8(2)22-20-13(11)12-9(16)4-3-5-10(12)17/h3-6H,1-2H3,(H,18,19,21). The van der Waals surface area contributed by atoms with E-state index in [2.05, 4.69) is 15.5 Å². The number of benzene rings is 1. The van der Waals surface area contributed by atoms with Crippen LogP contribution >= 0.6 is 34.5 Å². The van der Waals surface area contributed by atoms with Gasteiger partial charge in [-0.2, -0.15) is 0 Å². The maximum absolute atomic E-state index is 12.6. The number of carbonyl (C=O) groups is 1. The molecule has 0 aliphatic heterocycles. The Hall–Kier alpha value is -1.89. The number of nitrogens with zero attached hydrogens (tertiary/aromatic N) is 2. The fourth-order valence-corrected chi connectivity index (χ4v) is 3.36. The van der Waals surface area contributed by atoms with Crippen LogP contribution in [0.4, 0.5) is 5.13 Å². The van der Waals surface area contributed by atoms with Crippen molar-refractivity contribution in [2.24, 2.45) is 0 Å². The molecule has 2 aromatic heterocycles. The van der Waals surface area contributed by atoms with Gasteiger partial charge in [-0.15, -0.1) is 11.3 Å². The number of anilines is 1. The topological polar surface area (TPSA) is 68.0 Å². The minimum atomic E-state index is -0.371. The molecule has 8 heteroatoms. The Morgan fingerprint density at radius 2 is 1.96 bits per heavy atom. The Bertz CT molecular complexity index is 868. The number of aryl methyl sites for hydroxylation is 2. The molecule has 0 fully saturated rings. The molecule has 0 radical (unpaired) electrons. The van der Waals surface area contributed by atoms with Crippen LogP contribution < -0.4 is 5.32 Å². The highest BCUT2D eigenvalue weighted by molar-refractivity contribution is 7.13. The summed E-state index contributed by atoms with van der Waals surface area (Å²) < 4.78 is 5.18. The van der Waals surface area contributed by atoms with E-state index in [1.54, 1.807) is 25.1 Å². The second-order valence-corrected chi connectivity index (χ2v) is 6.48. The molecule has 0 saturated heterocycles. The lowest BCUT2D eigenvalue weighted by Gasteiger charge is -2.06. The van der Waals surface area contributed by atoms with Crippen LogP contribution in [0.3, 0.4) is 0 Å². The molecule has 0 saturated carbocycles. The van der Waals surface area contributed by atoms with Gasteiger partial charge in [0.05, 0.1) is 15.7 Å². The molecule has 0 aliphatic rings. The molecule has 1 amide bonds. The highest BCUT2D eigenvalue weighted by atomic mass is 35.5. The van der Waals surface area contributed by atoms with Crippen LogP contribution in [0.5, 0.6) is 0 Å². The number of hydrogen-bond acceptors (Lipinski definition) is 5. The molecule has 1 N–H and O–H groups in total. The fraction of sp³-hybridized carbons (Fsp3) is 0.133. The smallest absolute Gasteiger partial charge is 0.263 e. The number of carbonyl (C=O) groups excluding carboxylic acids is 1. The number of nitrogens with one attached hydrogen (secondary N) is 1. The normalized spacial score (nSPS) is 10.8. The molecular formula is C15H11Cl2N3O2S. The third kappa shape index (κ3) is 3.10. The number of amides is 1. The summed E-state index contributed by atoms with van der Waals surface area (Å²) in [4.78, 5) is 16.8. The molecule has 5 nitrogen and oxygen atoms in total. The highest BCUT2D eigenvalue weighted by Gasteiger charge is 2.25. The van der Waals surface area contributed by atoms with E-state index >= 15 is 0 Å². The molecule has 118 valence electrons. The van der Waals surface area contributed by atoms with Crippen LogP contribution in [0.15, 0.2) is 28.1 Å². The van der Waals surface area contributed by atoms with Crippen molar-refractivity contribution in [2.75, 3.05) is 5.32 Å². The van der Waals surface area contributed by atoms with Crippen molar-refractivity contribution in [2.45, 2.75) is 13.8 Å². The Kier molecular flexibility index (Phi) is 4.39. The van der Waals surface area contributed by atoms with Crippen LogP contribution in [0.25, 0.3) is 11.3 Å². The quantitative estimate of drug-likeness (QED) is 0.708. The SMILES string of the molecule is Cc1csc(NC(=O)c2c(-c3c(Cl)cccc3Cl)noc2C)n1. The van der Waals surface area contributed by atoms with Crippen LogP contribution in [0, 0.1) is 13.8 Å². The van der Waals surface area contributed by atoms with Crippen molar-refractivity contribution in [1.29, 1.82) is 0 Å². The van der Waals surface area contributed by atoms with Gasteiger partial charge >= 0.3 is 0 Å². The second-order valence-electron chi connectivity index (χ2n) is 4.81. The number of thiazole rings is 1. The van der Waals surface area contributed by atoms with E-state index in [1.165, 1.54) is 11.3 Å². The summed E-state index contributed by atoms with van der Waals surface area (Å²) in [5, 5.41) is 9.83. The first-order valence-electron chi connectivity index (χ1n) is 6.61. The summed E-state index contributed by atoms with van der Waals surface area (Å²) in [5.74, 6) is 0.00542.